The molecule has 0 spiro atoms. The molecular weight excluding hydrogens is 239 g/mol. The third kappa shape index (κ3) is 5.08. The minimum atomic E-state index is -0.414. The molecule has 0 saturated carbocycles. The molecule has 17 heavy (non-hydrogen) atoms. The first-order chi connectivity index (χ1) is 8.13. The largest absolute Gasteiger partial charge is 0.337 e. The molecule has 3 nitrogen and oxygen atoms in total. The molecule has 5 heteroatoms. The number of hydrogen-bond acceptors (Lipinski definition) is 2. The number of urea groups is 1. The van der Waals surface area contributed by atoms with E-state index in [1.165, 1.54) is 6.07 Å². The summed E-state index contributed by atoms with van der Waals surface area (Å²) in [6.45, 7) is 4.44. The molecule has 2 N–H and O–H groups in total. The van der Waals surface area contributed by atoms with E-state index in [9.17, 15) is 9.18 Å². The van der Waals surface area contributed by atoms with E-state index in [4.69, 9.17) is 0 Å². The van der Waals surface area contributed by atoms with Crippen molar-refractivity contribution < 1.29 is 9.18 Å². The van der Waals surface area contributed by atoms with Gasteiger partial charge in [0.2, 0.25) is 0 Å². The normalized spacial score (nSPS) is 10.1. The second kappa shape index (κ2) is 7.17. The van der Waals surface area contributed by atoms with Gasteiger partial charge in [0.1, 0.15) is 5.82 Å². The molecule has 0 radical (unpaired) electrons. The first kappa shape index (κ1) is 13.8. The Morgan fingerprint density at radius 2 is 2.24 bits per heavy atom. The van der Waals surface area contributed by atoms with Crippen molar-refractivity contribution in [2.75, 3.05) is 23.4 Å². The molecule has 0 aromatic heterocycles. The fourth-order valence-electron chi connectivity index (χ4n) is 1.27. The molecule has 0 bridgehead atoms. The summed E-state index contributed by atoms with van der Waals surface area (Å²) in [6.07, 6.45) is 0. The van der Waals surface area contributed by atoms with Crippen LogP contribution in [0.1, 0.15) is 12.5 Å². The maximum atomic E-state index is 13.4. The van der Waals surface area contributed by atoms with Gasteiger partial charge in [0.05, 0.1) is 5.69 Å². The van der Waals surface area contributed by atoms with Gasteiger partial charge in [0, 0.05) is 12.3 Å². The van der Waals surface area contributed by atoms with Crippen molar-refractivity contribution in [3.05, 3.63) is 29.6 Å². The predicted octanol–water partition coefficient (Wildman–Crippen LogP) is 3.01. The monoisotopic (exact) mass is 256 g/mol. The number of rotatable bonds is 5. The lowest BCUT2D eigenvalue weighted by Crippen LogP contribution is -2.30. The number of carbonyl (C=O) groups excluding carboxylic acids is 1. The van der Waals surface area contributed by atoms with Crippen LogP contribution in [0.5, 0.6) is 0 Å². The van der Waals surface area contributed by atoms with E-state index in [0.717, 1.165) is 17.1 Å². The van der Waals surface area contributed by atoms with Crippen molar-refractivity contribution in [1.29, 1.82) is 0 Å². The van der Waals surface area contributed by atoms with E-state index < -0.39 is 5.82 Å². The summed E-state index contributed by atoms with van der Waals surface area (Å²) in [5.41, 5.74) is 1.03. The van der Waals surface area contributed by atoms with Crippen LogP contribution >= 0.6 is 11.8 Å². The summed E-state index contributed by atoms with van der Waals surface area (Å²) in [5.74, 6) is 1.47. The van der Waals surface area contributed by atoms with Gasteiger partial charge in [0.25, 0.3) is 0 Å². The van der Waals surface area contributed by atoms with Gasteiger partial charge < -0.3 is 10.6 Å². The Morgan fingerprint density at radius 3 is 2.88 bits per heavy atom. The zero-order chi connectivity index (χ0) is 12.7. The molecule has 0 aliphatic carbocycles. The Balaban J connectivity index is 2.40. The van der Waals surface area contributed by atoms with Crippen molar-refractivity contribution in [3.63, 3.8) is 0 Å². The number of carbonyl (C=O) groups is 1. The van der Waals surface area contributed by atoms with Crippen molar-refractivity contribution in [1.82, 2.24) is 5.32 Å². The molecule has 0 aliphatic rings. The smallest absolute Gasteiger partial charge is 0.319 e. The molecule has 0 heterocycles. The van der Waals surface area contributed by atoms with Crippen LogP contribution in [-0.4, -0.2) is 24.1 Å². The summed E-state index contributed by atoms with van der Waals surface area (Å²) in [6, 6.07) is 4.34. The number of benzene rings is 1. The lowest BCUT2D eigenvalue weighted by atomic mass is 10.2. The minimum absolute atomic E-state index is 0.205. The van der Waals surface area contributed by atoms with Crippen LogP contribution in [0.4, 0.5) is 14.9 Å². The summed E-state index contributed by atoms with van der Waals surface area (Å²) in [7, 11) is 0. The fraction of sp³-hybridized carbons (Fsp3) is 0.417. The zero-order valence-corrected chi connectivity index (χ0v) is 10.9. The Hall–Kier alpha value is -1.23. The Kier molecular flexibility index (Phi) is 5.83. The maximum absolute atomic E-state index is 13.4. The molecular formula is C12H17FN2OS. The molecule has 0 aliphatic heterocycles. The van der Waals surface area contributed by atoms with Crippen LogP contribution in [0.25, 0.3) is 0 Å². The van der Waals surface area contributed by atoms with Crippen LogP contribution in [0.15, 0.2) is 18.2 Å². The first-order valence-corrected chi connectivity index (χ1v) is 6.67. The Bertz CT molecular complexity index is 385. The summed E-state index contributed by atoms with van der Waals surface area (Å²) in [5, 5.41) is 5.15. The summed E-state index contributed by atoms with van der Waals surface area (Å²) in [4.78, 5) is 11.4. The highest BCUT2D eigenvalue weighted by atomic mass is 32.2. The van der Waals surface area contributed by atoms with Crippen LogP contribution in [-0.2, 0) is 0 Å². The van der Waals surface area contributed by atoms with Gasteiger partial charge in [-0.15, -0.1) is 0 Å². The highest BCUT2D eigenvalue weighted by Gasteiger charge is 2.05. The highest BCUT2D eigenvalue weighted by molar-refractivity contribution is 7.99. The van der Waals surface area contributed by atoms with E-state index in [-0.39, 0.29) is 11.7 Å². The number of nitrogens with one attached hydrogen (secondary N) is 2. The molecule has 94 valence electrons. The molecule has 0 fully saturated rings. The Labute approximate surface area is 105 Å². The predicted molar refractivity (Wildman–Crippen MR) is 71.2 cm³/mol. The van der Waals surface area contributed by atoms with E-state index >= 15 is 0 Å². The molecule has 1 aromatic rings. The lowest BCUT2D eigenvalue weighted by molar-refractivity contribution is 0.252. The van der Waals surface area contributed by atoms with Gasteiger partial charge in [-0.05, 0) is 30.4 Å². The SMILES string of the molecule is CCSCCNC(=O)Nc1ccc(C)cc1F. The van der Waals surface area contributed by atoms with Crippen LogP contribution in [0.2, 0.25) is 0 Å². The first-order valence-electron chi connectivity index (χ1n) is 5.52. The number of amides is 2. The maximum Gasteiger partial charge on any atom is 0.319 e. The van der Waals surface area contributed by atoms with E-state index in [2.05, 4.69) is 17.6 Å². The molecule has 2 amide bonds. The van der Waals surface area contributed by atoms with Crippen LogP contribution < -0.4 is 10.6 Å². The number of anilines is 1. The van der Waals surface area contributed by atoms with Crippen LogP contribution in [0, 0.1) is 12.7 Å². The second-order valence-corrected chi connectivity index (χ2v) is 4.95. The lowest BCUT2D eigenvalue weighted by Gasteiger charge is -2.08. The van der Waals surface area contributed by atoms with E-state index in [1.54, 1.807) is 30.8 Å². The van der Waals surface area contributed by atoms with Crippen LogP contribution in [0.3, 0.4) is 0 Å². The standard InChI is InChI=1S/C12H17FN2OS/c1-3-17-7-6-14-12(16)15-11-5-4-9(2)8-10(11)13/h4-5,8H,3,6-7H2,1-2H3,(H2,14,15,16). The van der Waals surface area contributed by atoms with Gasteiger partial charge in [-0.2, -0.15) is 11.8 Å². The summed E-state index contributed by atoms with van der Waals surface area (Å²) < 4.78 is 13.4. The second-order valence-electron chi connectivity index (χ2n) is 3.56. The van der Waals surface area contributed by atoms with E-state index in [1.807, 2.05) is 0 Å². The zero-order valence-electron chi connectivity index (χ0n) is 10.0. The third-order valence-corrected chi connectivity index (χ3v) is 3.01. The summed E-state index contributed by atoms with van der Waals surface area (Å²) >= 11 is 1.74. The molecule has 1 aromatic carbocycles. The average molecular weight is 256 g/mol. The molecule has 0 atom stereocenters. The number of aryl methyl sites for hydroxylation is 1. The quantitative estimate of drug-likeness (QED) is 0.795. The van der Waals surface area contributed by atoms with Gasteiger partial charge in [-0.3, -0.25) is 0 Å². The van der Waals surface area contributed by atoms with Gasteiger partial charge in [-0.25, -0.2) is 9.18 Å². The fourth-order valence-corrected chi connectivity index (χ4v) is 1.80. The van der Waals surface area contributed by atoms with E-state index in [0.29, 0.717) is 6.54 Å². The van der Waals surface area contributed by atoms with Gasteiger partial charge in [-0.1, -0.05) is 13.0 Å². The van der Waals surface area contributed by atoms with Crippen molar-refractivity contribution in [2.45, 2.75) is 13.8 Å². The molecule has 0 saturated heterocycles. The highest BCUT2D eigenvalue weighted by Crippen LogP contribution is 2.14. The van der Waals surface area contributed by atoms with Gasteiger partial charge >= 0.3 is 6.03 Å². The average Bonchev–Trinajstić information content (AvgIpc) is 2.28. The number of thioether (sulfide) groups is 1. The van der Waals surface area contributed by atoms with Crippen molar-refractivity contribution in [2.24, 2.45) is 0 Å². The topological polar surface area (TPSA) is 41.1 Å². The number of halogens is 1. The third-order valence-electron chi connectivity index (χ3n) is 2.11. The number of hydrogen-bond donors (Lipinski definition) is 2. The minimum Gasteiger partial charge on any atom is -0.337 e. The molecule has 1 rings (SSSR count). The van der Waals surface area contributed by atoms with Crippen molar-refractivity contribution in [3.8, 4) is 0 Å². The van der Waals surface area contributed by atoms with Crippen molar-refractivity contribution >= 4 is 23.5 Å². The van der Waals surface area contributed by atoms with Gasteiger partial charge in [0.15, 0.2) is 0 Å². The molecule has 0 unspecified atom stereocenters. The Morgan fingerprint density at radius 1 is 1.47 bits per heavy atom.